The Hall–Kier alpha value is -1.85. The molecule has 1 aromatic heterocycles. The molecule has 1 heterocycles. The minimum absolute atomic E-state index is 0.0434. The van der Waals surface area contributed by atoms with Gasteiger partial charge in [0.2, 0.25) is 5.88 Å². The predicted molar refractivity (Wildman–Crippen MR) is 67.9 cm³/mol. The molecule has 0 aliphatic heterocycles. The first-order valence-electron chi connectivity index (χ1n) is 5.98. The van der Waals surface area contributed by atoms with E-state index in [1.165, 1.54) is 6.33 Å². The van der Waals surface area contributed by atoms with E-state index in [2.05, 4.69) is 9.97 Å². The zero-order valence-corrected chi connectivity index (χ0v) is 11.0. The number of nitrogens with zero attached hydrogens (tertiary/aromatic N) is 3. The van der Waals surface area contributed by atoms with Gasteiger partial charge in [-0.3, -0.25) is 4.79 Å². The van der Waals surface area contributed by atoms with Gasteiger partial charge in [0.05, 0.1) is 12.5 Å². The maximum Gasteiger partial charge on any atom is 0.305 e. The fourth-order valence-electron chi connectivity index (χ4n) is 1.47. The van der Waals surface area contributed by atoms with E-state index in [0.29, 0.717) is 24.8 Å². The minimum Gasteiger partial charge on any atom is -0.481 e. The number of hydrogen-bond acceptors (Lipinski definition) is 5. The highest BCUT2D eigenvalue weighted by atomic mass is 16.5. The summed E-state index contributed by atoms with van der Waals surface area (Å²) >= 11 is 0. The second-order valence-electron chi connectivity index (χ2n) is 4.10. The van der Waals surface area contributed by atoms with Crippen molar-refractivity contribution in [3.05, 3.63) is 12.4 Å². The molecule has 0 aliphatic rings. The van der Waals surface area contributed by atoms with E-state index in [9.17, 15) is 4.79 Å². The van der Waals surface area contributed by atoms with Crippen LogP contribution in [0.2, 0.25) is 0 Å². The van der Waals surface area contributed by atoms with Crippen molar-refractivity contribution in [2.45, 2.75) is 33.3 Å². The molecule has 0 bridgehead atoms. The van der Waals surface area contributed by atoms with E-state index in [4.69, 9.17) is 9.84 Å². The summed E-state index contributed by atoms with van der Waals surface area (Å²) in [6.07, 6.45) is 1.55. The number of carboxylic acid groups (broad SMARTS) is 1. The third-order valence-corrected chi connectivity index (χ3v) is 2.29. The smallest absolute Gasteiger partial charge is 0.305 e. The number of ether oxygens (including phenoxy) is 1. The number of carbonyl (C=O) groups is 1. The molecule has 1 N–H and O–H groups in total. The van der Waals surface area contributed by atoms with Gasteiger partial charge in [-0.25, -0.2) is 9.97 Å². The maximum absolute atomic E-state index is 10.6. The van der Waals surface area contributed by atoms with Gasteiger partial charge in [-0.2, -0.15) is 0 Å². The lowest BCUT2D eigenvalue weighted by Gasteiger charge is -2.21. The number of aliphatic carboxylic acids is 1. The lowest BCUT2D eigenvalue weighted by Crippen LogP contribution is -2.26. The first-order valence-corrected chi connectivity index (χ1v) is 5.98. The third-order valence-electron chi connectivity index (χ3n) is 2.29. The van der Waals surface area contributed by atoms with Crippen molar-refractivity contribution >= 4 is 11.8 Å². The van der Waals surface area contributed by atoms with Crippen LogP contribution >= 0.6 is 0 Å². The fourth-order valence-corrected chi connectivity index (χ4v) is 1.47. The summed E-state index contributed by atoms with van der Waals surface area (Å²) in [5.41, 5.74) is 0. The largest absolute Gasteiger partial charge is 0.481 e. The SMILES string of the molecule is CCN(CCC(=O)O)c1cc(OC(C)C)ncn1. The lowest BCUT2D eigenvalue weighted by atomic mass is 10.3. The van der Waals surface area contributed by atoms with Crippen molar-refractivity contribution < 1.29 is 14.6 Å². The van der Waals surface area contributed by atoms with Gasteiger partial charge in [-0.15, -0.1) is 0 Å². The van der Waals surface area contributed by atoms with Gasteiger partial charge in [0, 0.05) is 19.2 Å². The normalized spacial score (nSPS) is 10.4. The highest BCUT2D eigenvalue weighted by Gasteiger charge is 2.10. The Balaban J connectivity index is 2.75. The zero-order chi connectivity index (χ0) is 13.5. The molecule has 18 heavy (non-hydrogen) atoms. The van der Waals surface area contributed by atoms with Crippen LogP contribution in [0.5, 0.6) is 5.88 Å². The average Bonchev–Trinajstić information content (AvgIpc) is 2.29. The van der Waals surface area contributed by atoms with Crippen LogP contribution in [0.4, 0.5) is 5.82 Å². The Morgan fingerprint density at radius 1 is 1.50 bits per heavy atom. The van der Waals surface area contributed by atoms with Crippen molar-refractivity contribution in [1.82, 2.24) is 9.97 Å². The Bertz CT molecular complexity index is 396. The highest BCUT2D eigenvalue weighted by molar-refractivity contribution is 5.67. The van der Waals surface area contributed by atoms with E-state index in [1.54, 1.807) is 6.07 Å². The zero-order valence-electron chi connectivity index (χ0n) is 11.0. The van der Waals surface area contributed by atoms with Crippen molar-refractivity contribution in [2.75, 3.05) is 18.0 Å². The molecule has 0 unspecified atom stereocenters. The highest BCUT2D eigenvalue weighted by Crippen LogP contribution is 2.16. The van der Waals surface area contributed by atoms with Crippen LogP contribution in [0, 0.1) is 0 Å². The predicted octanol–water partition coefficient (Wildman–Crippen LogP) is 1.56. The molecule has 0 amide bonds. The van der Waals surface area contributed by atoms with E-state index < -0.39 is 5.97 Å². The molecule has 0 atom stereocenters. The van der Waals surface area contributed by atoms with Crippen LogP contribution < -0.4 is 9.64 Å². The molecule has 0 spiro atoms. The van der Waals surface area contributed by atoms with Gasteiger partial charge >= 0.3 is 5.97 Å². The van der Waals surface area contributed by atoms with E-state index in [-0.39, 0.29) is 12.5 Å². The van der Waals surface area contributed by atoms with E-state index in [1.807, 2.05) is 25.7 Å². The molecule has 6 heteroatoms. The molecule has 0 fully saturated rings. The molecule has 1 aromatic rings. The summed E-state index contributed by atoms with van der Waals surface area (Å²) in [4.78, 5) is 20.6. The molecule has 6 nitrogen and oxygen atoms in total. The summed E-state index contributed by atoms with van der Waals surface area (Å²) in [5, 5.41) is 8.69. The molecular weight excluding hydrogens is 234 g/mol. The molecular formula is C12H19N3O3. The van der Waals surface area contributed by atoms with Crippen LogP contribution in [0.15, 0.2) is 12.4 Å². The summed E-state index contributed by atoms with van der Waals surface area (Å²) in [6.45, 7) is 6.90. The van der Waals surface area contributed by atoms with E-state index in [0.717, 1.165) is 0 Å². The van der Waals surface area contributed by atoms with Gasteiger partial charge in [0.15, 0.2) is 0 Å². The molecule has 100 valence electrons. The number of aromatic nitrogens is 2. The van der Waals surface area contributed by atoms with Gasteiger partial charge in [-0.1, -0.05) is 0 Å². The topological polar surface area (TPSA) is 75.6 Å². The molecule has 0 aliphatic carbocycles. The van der Waals surface area contributed by atoms with Crippen LogP contribution in [0.1, 0.15) is 27.2 Å². The van der Waals surface area contributed by atoms with Gasteiger partial charge in [0.25, 0.3) is 0 Å². The van der Waals surface area contributed by atoms with Gasteiger partial charge < -0.3 is 14.7 Å². The average molecular weight is 253 g/mol. The fraction of sp³-hybridized carbons (Fsp3) is 0.583. The Kier molecular flexibility index (Phi) is 5.35. The molecule has 0 saturated heterocycles. The van der Waals surface area contributed by atoms with Crippen molar-refractivity contribution in [3.63, 3.8) is 0 Å². The van der Waals surface area contributed by atoms with E-state index >= 15 is 0 Å². The second-order valence-corrected chi connectivity index (χ2v) is 4.10. The van der Waals surface area contributed by atoms with Crippen LogP contribution in [-0.4, -0.2) is 40.2 Å². The first kappa shape index (κ1) is 14.2. The standard InChI is InChI=1S/C12H19N3O3/c1-4-15(6-5-12(16)17)10-7-11(14-8-13-10)18-9(2)3/h7-9H,4-6H2,1-3H3,(H,16,17). The molecule has 1 rings (SSSR count). The number of anilines is 1. The summed E-state index contributed by atoms with van der Waals surface area (Å²) in [6, 6.07) is 1.73. The maximum atomic E-state index is 10.6. The van der Waals surface area contributed by atoms with Crippen molar-refractivity contribution in [2.24, 2.45) is 0 Å². The Morgan fingerprint density at radius 3 is 2.78 bits per heavy atom. The van der Waals surface area contributed by atoms with Crippen LogP contribution in [0.3, 0.4) is 0 Å². The summed E-state index contributed by atoms with van der Waals surface area (Å²) in [7, 11) is 0. The monoisotopic (exact) mass is 253 g/mol. The lowest BCUT2D eigenvalue weighted by molar-refractivity contribution is -0.136. The minimum atomic E-state index is -0.818. The van der Waals surface area contributed by atoms with Crippen LogP contribution in [-0.2, 0) is 4.79 Å². The van der Waals surface area contributed by atoms with Crippen molar-refractivity contribution in [3.8, 4) is 5.88 Å². The van der Waals surface area contributed by atoms with Gasteiger partial charge in [0.1, 0.15) is 12.1 Å². The Labute approximate surface area is 107 Å². The number of rotatable bonds is 7. The number of hydrogen-bond donors (Lipinski definition) is 1. The molecule has 0 radical (unpaired) electrons. The van der Waals surface area contributed by atoms with Crippen molar-refractivity contribution in [1.29, 1.82) is 0 Å². The second kappa shape index (κ2) is 6.78. The first-order chi connectivity index (χ1) is 8.52. The molecule has 0 aromatic carbocycles. The summed E-state index contributed by atoms with van der Waals surface area (Å²) in [5.74, 6) is 0.370. The van der Waals surface area contributed by atoms with Crippen LogP contribution in [0.25, 0.3) is 0 Å². The Morgan fingerprint density at radius 2 is 2.22 bits per heavy atom. The third kappa shape index (κ3) is 4.57. The summed E-state index contributed by atoms with van der Waals surface area (Å²) < 4.78 is 5.48. The quantitative estimate of drug-likeness (QED) is 0.794. The van der Waals surface area contributed by atoms with Gasteiger partial charge in [-0.05, 0) is 20.8 Å². The number of carboxylic acids is 1. The molecule has 0 saturated carbocycles.